The van der Waals surface area contributed by atoms with Crippen LogP contribution in [0.2, 0.25) is 0 Å². The van der Waals surface area contributed by atoms with Gasteiger partial charge in [-0.25, -0.2) is 4.68 Å². The molecule has 1 saturated carbocycles. The maximum absolute atomic E-state index is 5.56. The van der Waals surface area contributed by atoms with Gasteiger partial charge in [0.1, 0.15) is 5.76 Å². The molecular weight excluding hydrogens is 374 g/mol. The van der Waals surface area contributed by atoms with Gasteiger partial charge < -0.3 is 4.42 Å². The van der Waals surface area contributed by atoms with Gasteiger partial charge in [-0.2, -0.15) is 0 Å². The fourth-order valence-electron chi connectivity index (χ4n) is 3.13. The molecular formula is C19H19N7OS. The predicted molar refractivity (Wildman–Crippen MR) is 104 cm³/mol. The van der Waals surface area contributed by atoms with Gasteiger partial charge in [0, 0.05) is 5.56 Å². The van der Waals surface area contributed by atoms with E-state index in [0.717, 1.165) is 41.0 Å². The first-order chi connectivity index (χ1) is 13.8. The first kappa shape index (κ1) is 17.2. The van der Waals surface area contributed by atoms with E-state index < -0.39 is 0 Å². The second-order valence-electron chi connectivity index (χ2n) is 6.90. The summed E-state index contributed by atoms with van der Waals surface area (Å²) in [6, 6.07) is 12.6. The van der Waals surface area contributed by atoms with E-state index in [0.29, 0.717) is 18.3 Å². The van der Waals surface area contributed by atoms with Gasteiger partial charge in [0.25, 0.3) is 0 Å². The summed E-state index contributed by atoms with van der Waals surface area (Å²) in [5.41, 5.74) is 2.22. The van der Waals surface area contributed by atoms with Gasteiger partial charge in [-0.05, 0) is 48.4 Å². The number of thioether (sulfide) groups is 1. The Labute approximate surface area is 166 Å². The fraction of sp³-hybridized carbons (Fsp3) is 0.316. The van der Waals surface area contributed by atoms with Crippen molar-refractivity contribution in [3.8, 4) is 11.4 Å². The Morgan fingerprint density at radius 1 is 1.14 bits per heavy atom. The molecule has 8 nitrogen and oxygen atoms in total. The molecule has 1 aromatic carbocycles. The Morgan fingerprint density at radius 3 is 2.86 bits per heavy atom. The molecule has 0 N–H and O–H groups in total. The largest absolute Gasteiger partial charge is 0.467 e. The summed E-state index contributed by atoms with van der Waals surface area (Å²) in [6.07, 6.45) is 3.98. The van der Waals surface area contributed by atoms with E-state index in [1.165, 1.54) is 5.56 Å². The number of rotatable bonds is 7. The number of hydrogen-bond acceptors (Lipinski definition) is 7. The van der Waals surface area contributed by atoms with Crippen LogP contribution in [0.5, 0.6) is 0 Å². The summed E-state index contributed by atoms with van der Waals surface area (Å²) in [7, 11) is 0. The Hall–Kier alpha value is -2.94. The summed E-state index contributed by atoms with van der Waals surface area (Å²) in [4.78, 5) is 0. The van der Waals surface area contributed by atoms with Gasteiger partial charge in [-0.15, -0.1) is 15.3 Å². The molecule has 5 rings (SSSR count). The number of nitrogens with zero attached hydrogens (tertiary/aromatic N) is 7. The highest BCUT2D eigenvalue weighted by Crippen LogP contribution is 2.35. The zero-order valence-electron chi connectivity index (χ0n) is 15.4. The SMILES string of the molecule is Cc1cccc(-c2nnc(SCc3nnnn3C3CC3)n2Cc2ccco2)c1. The van der Waals surface area contributed by atoms with Gasteiger partial charge in [0.05, 0.1) is 24.6 Å². The standard InChI is InChI=1S/C19H19N7OS/c1-13-4-2-5-14(10-13)18-21-22-19(25(18)11-16-6-3-9-27-16)28-12-17-20-23-24-26(17)15-7-8-15/h2-6,9-10,15H,7-8,11-12H2,1H3. The Balaban J connectivity index is 1.45. The summed E-state index contributed by atoms with van der Waals surface area (Å²) in [5, 5.41) is 21.9. The monoisotopic (exact) mass is 393 g/mol. The molecule has 3 aromatic heterocycles. The van der Waals surface area contributed by atoms with Crippen molar-refractivity contribution in [3.05, 3.63) is 59.8 Å². The minimum Gasteiger partial charge on any atom is -0.467 e. The van der Waals surface area contributed by atoms with Gasteiger partial charge in [0.2, 0.25) is 0 Å². The second kappa shape index (κ2) is 7.23. The molecule has 3 heterocycles. The highest BCUT2D eigenvalue weighted by Gasteiger charge is 2.28. The topological polar surface area (TPSA) is 87.5 Å². The lowest BCUT2D eigenvalue weighted by Crippen LogP contribution is -2.05. The lowest BCUT2D eigenvalue weighted by molar-refractivity contribution is 0.485. The molecule has 9 heteroatoms. The van der Waals surface area contributed by atoms with E-state index >= 15 is 0 Å². The lowest BCUT2D eigenvalue weighted by atomic mass is 10.1. The van der Waals surface area contributed by atoms with Gasteiger partial charge in [-0.3, -0.25) is 4.57 Å². The minimum absolute atomic E-state index is 0.453. The third-order valence-corrected chi connectivity index (χ3v) is 5.63. The van der Waals surface area contributed by atoms with Crippen molar-refractivity contribution in [1.82, 2.24) is 35.0 Å². The third kappa shape index (κ3) is 3.45. The van der Waals surface area contributed by atoms with Gasteiger partial charge in [-0.1, -0.05) is 35.5 Å². The molecule has 1 aliphatic carbocycles. The average Bonchev–Trinajstić information content (AvgIpc) is 3.10. The Bertz CT molecular complexity index is 1080. The van der Waals surface area contributed by atoms with Crippen LogP contribution in [-0.2, 0) is 12.3 Å². The summed E-state index contributed by atoms with van der Waals surface area (Å²) < 4.78 is 9.58. The van der Waals surface area contributed by atoms with Crippen LogP contribution in [0.1, 0.15) is 36.0 Å². The fourth-order valence-corrected chi connectivity index (χ4v) is 3.99. The maximum atomic E-state index is 5.56. The zero-order valence-corrected chi connectivity index (χ0v) is 16.2. The van der Waals surface area contributed by atoms with Crippen molar-refractivity contribution in [1.29, 1.82) is 0 Å². The van der Waals surface area contributed by atoms with E-state index in [4.69, 9.17) is 4.42 Å². The normalized spacial score (nSPS) is 13.9. The molecule has 0 atom stereocenters. The number of furan rings is 1. The first-order valence-corrected chi connectivity index (χ1v) is 10.2. The van der Waals surface area contributed by atoms with Crippen LogP contribution in [0.15, 0.2) is 52.2 Å². The molecule has 0 amide bonds. The molecule has 0 spiro atoms. The molecule has 0 saturated heterocycles. The van der Waals surface area contributed by atoms with Gasteiger partial charge >= 0.3 is 0 Å². The number of aromatic nitrogens is 7. The number of benzene rings is 1. The van der Waals surface area contributed by atoms with Crippen molar-refractivity contribution in [2.24, 2.45) is 0 Å². The molecule has 1 fully saturated rings. The Morgan fingerprint density at radius 2 is 2.07 bits per heavy atom. The first-order valence-electron chi connectivity index (χ1n) is 9.20. The molecule has 0 unspecified atom stereocenters. The van der Waals surface area contributed by atoms with Crippen molar-refractivity contribution < 1.29 is 4.42 Å². The zero-order chi connectivity index (χ0) is 18.9. The van der Waals surface area contributed by atoms with Crippen LogP contribution in [0.3, 0.4) is 0 Å². The van der Waals surface area contributed by atoms with Crippen LogP contribution in [0, 0.1) is 6.92 Å². The van der Waals surface area contributed by atoms with E-state index in [1.807, 2.05) is 22.9 Å². The van der Waals surface area contributed by atoms with E-state index in [2.05, 4.69) is 55.4 Å². The molecule has 142 valence electrons. The second-order valence-corrected chi connectivity index (χ2v) is 7.84. The number of hydrogen-bond donors (Lipinski definition) is 0. The third-order valence-electron chi connectivity index (χ3n) is 4.67. The number of tetrazole rings is 1. The van der Waals surface area contributed by atoms with E-state index in [1.54, 1.807) is 18.0 Å². The van der Waals surface area contributed by atoms with Gasteiger partial charge in [0.15, 0.2) is 16.8 Å². The van der Waals surface area contributed by atoms with E-state index in [-0.39, 0.29) is 0 Å². The van der Waals surface area contributed by atoms with Crippen LogP contribution in [-0.4, -0.2) is 35.0 Å². The summed E-state index contributed by atoms with van der Waals surface area (Å²) in [5.74, 6) is 3.20. The van der Waals surface area contributed by atoms with Crippen molar-refractivity contribution in [2.75, 3.05) is 0 Å². The van der Waals surface area contributed by atoms with Crippen molar-refractivity contribution in [3.63, 3.8) is 0 Å². The smallest absolute Gasteiger partial charge is 0.192 e. The molecule has 0 aliphatic heterocycles. The van der Waals surface area contributed by atoms with Crippen LogP contribution in [0.25, 0.3) is 11.4 Å². The number of aryl methyl sites for hydroxylation is 1. The summed E-state index contributed by atoms with van der Waals surface area (Å²) >= 11 is 1.59. The van der Waals surface area contributed by atoms with Crippen LogP contribution in [0.4, 0.5) is 0 Å². The highest BCUT2D eigenvalue weighted by molar-refractivity contribution is 7.98. The predicted octanol–water partition coefficient (Wildman–Crippen LogP) is 3.51. The summed E-state index contributed by atoms with van der Waals surface area (Å²) in [6.45, 7) is 2.64. The Kier molecular flexibility index (Phi) is 4.44. The molecule has 4 aromatic rings. The maximum Gasteiger partial charge on any atom is 0.192 e. The molecule has 0 radical (unpaired) electrons. The van der Waals surface area contributed by atoms with E-state index in [9.17, 15) is 0 Å². The minimum atomic E-state index is 0.453. The molecule has 28 heavy (non-hydrogen) atoms. The van der Waals surface area contributed by atoms with Crippen LogP contribution < -0.4 is 0 Å². The lowest BCUT2D eigenvalue weighted by Gasteiger charge is -2.09. The van der Waals surface area contributed by atoms with Crippen LogP contribution >= 0.6 is 11.8 Å². The molecule has 0 bridgehead atoms. The quantitative estimate of drug-likeness (QED) is 0.444. The average molecular weight is 393 g/mol. The van der Waals surface area contributed by atoms with Crippen molar-refractivity contribution >= 4 is 11.8 Å². The molecule has 1 aliphatic rings. The highest BCUT2D eigenvalue weighted by atomic mass is 32.2. The van der Waals surface area contributed by atoms with Crippen molar-refractivity contribution in [2.45, 2.75) is 43.3 Å².